The minimum Gasteiger partial charge on any atom is -0.310 e. The van der Waals surface area contributed by atoms with Gasteiger partial charge in [0.2, 0.25) is 0 Å². The molecular weight excluding hydrogens is 248 g/mol. The van der Waals surface area contributed by atoms with Gasteiger partial charge in [-0.1, -0.05) is 0 Å². The smallest absolute Gasteiger partial charge is 0.142 e. The van der Waals surface area contributed by atoms with Crippen molar-refractivity contribution in [3.63, 3.8) is 0 Å². The summed E-state index contributed by atoms with van der Waals surface area (Å²) in [6.45, 7) is 4.44. The van der Waals surface area contributed by atoms with Crippen LogP contribution >= 0.6 is 0 Å². The number of pyridine rings is 1. The summed E-state index contributed by atoms with van der Waals surface area (Å²) in [6, 6.07) is 10.2. The standard InChI is InChI=1S/C16H14N4/c1-11-9-14-15(10-12(11)2)20(8-5-17)16(19-14)13-3-6-18-7-4-13/h3-4,6-7,9-10H,8H2,1-2H3. The molecule has 0 amide bonds. The summed E-state index contributed by atoms with van der Waals surface area (Å²) in [7, 11) is 0. The average molecular weight is 262 g/mol. The molecule has 4 nitrogen and oxygen atoms in total. The highest BCUT2D eigenvalue weighted by molar-refractivity contribution is 5.82. The van der Waals surface area contributed by atoms with Crippen LogP contribution in [0.2, 0.25) is 0 Å². The van der Waals surface area contributed by atoms with E-state index in [1.807, 2.05) is 16.7 Å². The van der Waals surface area contributed by atoms with E-state index in [4.69, 9.17) is 5.26 Å². The van der Waals surface area contributed by atoms with Gasteiger partial charge in [0.15, 0.2) is 0 Å². The Morgan fingerprint density at radius 1 is 1.15 bits per heavy atom. The Hall–Kier alpha value is -2.67. The van der Waals surface area contributed by atoms with Gasteiger partial charge in [-0.05, 0) is 49.2 Å². The summed E-state index contributed by atoms with van der Waals surface area (Å²) >= 11 is 0. The van der Waals surface area contributed by atoms with E-state index in [9.17, 15) is 0 Å². The second-order valence-corrected chi connectivity index (χ2v) is 4.84. The molecule has 0 saturated heterocycles. The van der Waals surface area contributed by atoms with Gasteiger partial charge in [0.25, 0.3) is 0 Å². The minimum absolute atomic E-state index is 0.288. The van der Waals surface area contributed by atoms with Crippen molar-refractivity contribution < 1.29 is 0 Å². The van der Waals surface area contributed by atoms with Crippen LogP contribution in [0.15, 0.2) is 36.7 Å². The largest absolute Gasteiger partial charge is 0.310 e. The number of rotatable bonds is 2. The topological polar surface area (TPSA) is 54.5 Å². The molecule has 0 aliphatic rings. The van der Waals surface area contributed by atoms with Crippen LogP contribution in [0.1, 0.15) is 11.1 Å². The SMILES string of the molecule is Cc1cc2nc(-c3ccncc3)n(CC#N)c2cc1C. The first-order valence-electron chi connectivity index (χ1n) is 6.45. The number of aromatic nitrogens is 3. The van der Waals surface area contributed by atoms with Gasteiger partial charge in [-0.2, -0.15) is 5.26 Å². The Labute approximate surface area is 117 Å². The van der Waals surface area contributed by atoms with Gasteiger partial charge in [-0.3, -0.25) is 4.98 Å². The highest BCUT2D eigenvalue weighted by atomic mass is 15.1. The van der Waals surface area contributed by atoms with Crippen molar-refractivity contribution in [1.82, 2.24) is 14.5 Å². The van der Waals surface area contributed by atoms with Gasteiger partial charge >= 0.3 is 0 Å². The number of imidazole rings is 1. The molecule has 4 heteroatoms. The first-order valence-corrected chi connectivity index (χ1v) is 6.45. The average Bonchev–Trinajstić information content (AvgIpc) is 2.79. The van der Waals surface area contributed by atoms with Gasteiger partial charge in [0.05, 0.1) is 17.1 Å². The Balaban J connectivity index is 2.32. The molecule has 0 atom stereocenters. The van der Waals surface area contributed by atoms with Crippen LogP contribution < -0.4 is 0 Å². The number of fused-ring (bicyclic) bond motifs is 1. The van der Waals surface area contributed by atoms with Crippen LogP contribution in [0.4, 0.5) is 0 Å². The van der Waals surface area contributed by atoms with Gasteiger partial charge in [-0.25, -0.2) is 4.98 Å². The van der Waals surface area contributed by atoms with Crippen LogP contribution in [-0.2, 0) is 6.54 Å². The minimum atomic E-state index is 0.288. The van der Waals surface area contributed by atoms with Gasteiger partial charge < -0.3 is 4.57 Å². The van der Waals surface area contributed by atoms with Crippen LogP contribution in [0.5, 0.6) is 0 Å². The molecule has 98 valence electrons. The summed E-state index contributed by atoms with van der Waals surface area (Å²) in [5, 5.41) is 9.08. The zero-order chi connectivity index (χ0) is 14.1. The molecule has 2 aromatic heterocycles. The van der Waals surface area contributed by atoms with E-state index in [0.717, 1.165) is 22.4 Å². The molecule has 0 aliphatic heterocycles. The maximum atomic E-state index is 9.08. The van der Waals surface area contributed by atoms with Crippen molar-refractivity contribution >= 4 is 11.0 Å². The monoisotopic (exact) mass is 262 g/mol. The number of hydrogen-bond acceptors (Lipinski definition) is 3. The van der Waals surface area contributed by atoms with Crippen molar-refractivity contribution in [2.24, 2.45) is 0 Å². The van der Waals surface area contributed by atoms with E-state index in [2.05, 4.69) is 42.0 Å². The molecule has 20 heavy (non-hydrogen) atoms. The summed E-state index contributed by atoms with van der Waals surface area (Å²) < 4.78 is 1.96. The molecule has 2 heterocycles. The molecule has 0 fully saturated rings. The highest BCUT2D eigenvalue weighted by Crippen LogP contribution is 2.26. The van der Waals surface area contributed by atoms with Crippen LogP contribution in [-0.4, -0.2) is 14.5 Å². The van der Waals surface area contributed by atoms with Crippen molar-refractivity contribution in [3.8, 4) is 17.5 Å². The van der Waals surface area contributed by atoms with E-state index in [1.54, 1.807) is 12.4 Å². The number of benzene rings is 1. The summed E-state index contributed by atoms with van der Waals surface area (Å²) in [5.74, 6) is 0.814. The third kappa shape index (κ3) is 1.94. The fourth-order valence-corrected chi connectivity index (χ4v) is 2.33. The molecular formula is C16H14N4. The number of nitrogens with zero attached hydrogens (tertiary/aromatic N) is 4. The van der Waals surface area contributed by atoms with Gasteiger partial charge in [0.1, 0.15) is 12.4 Å². The Bertz CT molecular complexity index is 810. The first kappa shape index (κ1) is 12.4. The fourth-order valence-electron chi connectivity index (χ4n) is 2.33. The number of nitriles is 1. The molecule has 0 saturated carbocycles. The molecule has 0 bridgehead atoms. The van der Waals surface area contributed by atoms with E-state index < -0.39 is 0 Å². The van der Waals surface area contributed by atoms with E-state index >= 15 is 0 Å². The predicted octanol–water partition coefficient (Wildman–Crippen LogP) is 3.24. The van der Waals surface area contributed by atoms with E-state index in [1.165, 1.54) is 11.1 Å². The Morgan fingerprint density at radius 2 is 1.85 bits per heavy atom. The number of aryl methyl sites for hydroxylation is 2. The third-order valence-corrected chi connectivity index (χ3v) is 3.53. The highest BCUT2D eigenvalue weighted by Gasteiger charge is 2.13. The van der Waals surface area contributed by atoms with Crippen LogP contribution in [0, 0.1) is 25.2 Å². The van der Waals surface area contributed by atoms with Crippen LogP contribution in [0.25, 0.3) is 22.4 Å². The lowest BCUT2D eigenvalue weighted by molar-refractivity contribution is 0.869. The van der Waals surface area contributed by atoms with Gasteiger partial charge in [-0.15, -0.1) is 0 Å². The lowest BCUT2D eigenvalue weighted by atomic mass is 10.1. The maximum absolute atomic E-state index is 9.08. The number of hydrogen-bond donors (Lipinski definition) is 0. The second kappa shape index (κ2) is 4.78. The summed E-state index contributed by atoms with van der Waals surface area (Å²) in [4.78, 5) is 8.71. The van der Waals surface area contributed by atoms with E-state index in [-0.39, 0.29) is 6.54 Å². The Morgan fingerprint density at radius 3 is 2.55 bits per heavy atom. The molecule has 0 spiro atoms. The fraction of sp³-hybridized carbons (Fsp3) is 0.188. The quantitative estimate of drug-likeness (QED) is 0.712. The molecule has 1 aromatic carbocycles. The first-order chi connectivity index (χ1) is 9.70. The third-order valence-electron chi connectivity index (χ3n) is 3.53. The van der Waals surface area contributed by atoms with Crippen LogP contribution in [0.3, 0.4) is 0 Å². The molecule has 0 radical (unpaired) electrons. The predicted molar refractivity (Wildman–Crippen MR) is 78.1 cm³/mol. The molecule has 0 aliphatic carbocycles. The lowest BCUT2D eigenvalue weighted by Crippen LogP contribution is -1.99. The maximum Gasteiger partial charge on any atom is 0.142 e. The lowest BCUT2D eigenvalue weighted by Gasteiger charge is -2.05. The van der Waals surface area contributed by atoms with Crippen molar-refractivity contribution in [1.29, 1.82) is 5.26 Å². The zero-order valence-electron chi connectivity index (χ0n) is 11.5. The summed E-state index contributed by atoms with van der Waals surface area (Å²) in [5.41, 5.74) is 5.32. The summed E-state index contributed by atoms with van der Waals surface area (Å²) in [6.07, 6.45) is 3.48. The van der Waals surface area contributed by atoms with E-state index in [0.29, 0.717) is 0 Å². The molecule has 3 rings (SSSR count). The normalized spacial score (nSPS) is 10.7. The zero-order valence-corrected chi connectivity index (χ0v) is 11.5. The second-order valence-electron chi connectivity index (χ2n) is 4.84. The van der Waals surface area contributed by atoms with Crippen molar-refractivity contribution in [2.75, 3.05) is 0 Å². The Kier molecular flexibility index (Phi) is 2.96. The molecule has 3 aromatic rings. The molecule has 0 N–H and O–H groups in total. The van der Waals surface area contributed by atoms with Gasteiger partial charge in [0, 0.05) is 18.0 Å². The molecule has 0 unspecified atom stereocenters. The van der Waals surface area contributed by atoms with Crippen molar-refractivity contribution in [2.45, 2.75) is 20.4 Å². The van der Waals surface area contributed by atoms with Crippen molar-refractivity contribution in [3.05, 3.63) is 47.8 Å².